The minimum Gasteiger partial charge on any atom is -0.379 e. The second kappa shape index (κ2) is 8.31. The summed E-state index contributed by atoms with van der Waals surface area (Å²) in [5.41, 5.74) is 1.04. The number of ether oxygens (including phenoxy) is 1. The first-order chi connectivity index (χ1) is 10.1. The van der Waals surface area contributed by atoms with Crippen molar-refractivity contribution in [3.8, 4) is 0 Å². The van der Waals surface area contributed by atoms with Crippen LogP contribution >= 0.6 is 11.3 Å². The second-order valence-electron chi connectivity index (χ2n) is 5.24. The van der Waals surface area contributed by atoms with Gasteiger partial charge in [0.25, 0.3) is 0 Å². The van der Waals surface area contributed by atoms with Crippen LogP contribution in [0.25, 0.3) is 0 Å². The Morgan fingerprint density at radius 1 is 1.48 bits per heavy atom. The van der Waals surface area contributed by atoms with E-state index in [-0.39, 0.29) is 6.03 Å². The fourth-order valence-electron chi connectivity index (χ4n) is 2.28. The first-order valence-electron chi connectivity index (χ1n) is 7.39. The van der Waals surface area contributed by atoms with Gasteiger partial charge in [0, 0.05) is 44.0 Å². The molecule has 1 aromatic rings. The SMILES string of the molecule is Cc1nc(CCNC(=O)NCC(C)N2CCOCC2)cs1. The number of aryl methyl sites for hydroxylation is 1. The van der Waals surface area contributed by atoms with E-state index in [2.05, 4.69) is 27.4 Å². The van der Waals surface area contributed by atoms with Gasteiger partial charge >= 0.3 is 6.03 Å². The highest BCUT2D eigenvalue weighted by Crippen LogP contribution is 2.07. The minimum absolute atomic E-state index is 0.109. The number of morpholine rings is 1. The molecule has 0 radical (unpaired) electrons. The van der Waals surface area contributed by atoms with E-state index in [0.717, 1.165) is 43.4 Å². The van der Waals surface area contributed by atoms with E-state index in [0.29, 0.717) is 19.1 Å². The molecule has 1 saturated heterocycles. The highest BCUT2D eigenvalue weighted by molar-refractivity contribution is 7.09. The Kier molecular flexibility index (Phi) is 6.41. The summed E-state index contributed by atoms with van der Waals surface area (Å²) in [6, 6.07) is 0.225. The fourth-order valence-corrected chi connectivity index (χ4v) is 2.92. The molecule has 2 amide bonds. The molecular formula is C14H24N4O2S. The molecule has 1 atom stereocenters. The Labute approximate surface area is 129 Å². The van der Waals surface area contributed by atoms with Crippen LogP contribution in [-0.2, 0) is 11.2 Å². The summed E-state index contributed by atoms with van der Waals surface area (Å²) in [5.74, 6) is 0. The molecule has 7 heteroatoms. The summed E-state index contributed by atoms with van der Waals surface area (Å²) in [7, 11) is 0. The Morgan fingerprint density at radius 3 is 2.90 bits per heavy atom. The lowest BCUT2D eigenvalue weighted by molar-refractivity contribution is 0.0209. The lowest BCUT2D eigenvalue weighted by Gasteiger charge is -2.32. The van der Waals surface area contributed by atoms with Crippen LogP contribution in [0.4, 0.5) is 4.79 Å². The highest BCUT2D eigenvalue weighted by atomic mass is 32.1. The van der Waals surface area contributed by atoms with E-state index in [4.69, 9.17) is 4.74 Å². The Balaban J connectivity index is 1.58. The van der Waals surface area contributed by atoms with Crippen LogP contribution in [0.3, 0.4) is 0 Å². The number of nitrogens with zero attached hydrogens (tertiary/aromatic N) is 2. The largest absolute Gasteiger partial charge is 0.379 e. The Hall–Kier alpha value is -1.18. The average Bonchev–Trinajstić information content (AvgIpc) is 2.91. The molecule has 0 bridgehead atoms. The summed E-state index contributed by atoms with van der Waals surface area (Å²) in [5, 5.41) is 8.89. The maximum Gasteiger partial charge on any atom is 0.314 e. The molecule has 0 aromatic carbocycles. The summed E-state index contributed by atoms with van der Waals surface area (Å²) >= 11 is 1.64. The van der Waals surface area contributed by atoms with Gasteiger partial charge in [0.05, 0.1) is 23.9 Å². The summed E-state index contributed by atoms with van der Waals surface area (Å²) < 4.78 is 5.33. The number of aromatic nitrogens is 1. The number of hydrogen-bond donors (Lipinski definition) is 2. The molecule has 118 valence electrons. The van der Waals surface area contributed by atoms with Gasteiger partial charge in [0.15, 0.2) is 0 Å². The van der Waals surface area contributed by atoms with E-state index in [1.807, 2.05) is 12.3 Å². The van der Waals surface area contributed by atoms with Crippen LogP contribution in [-0.4, -0.2) is 61.3 Å². The summed E-state index contributed by atoms with van der Waals surface area (Å²) in [4.78, 5) is 18.4. The van der Waals surface area contributed by atoms with Crippen LogP contribution < -0.4 is 10.6 Å². The van der Waals surface area contributed by atoms with Crippen LogP contribution in [0.5, 0.6) is 0 Å². The molecule has 2 heterocycles. The van der Waals surface area contributed by atoms with Crippen LogP contribution in [0, 0.1) is 6.92 Å². The smallest absolute Gasteiger partial charge is 0.314 e. The first kappa shape index (κ1) is 16.2. The van der Waals surface area contributed by atoms with Crippen molar-refractivity contribution < 1.29 is 9.53 Å². The molecule has 1 aliphatic heterocycles. The van der Waals surface area contributed by atoms with Gasteiger partial charge in [-0.15, -0.1) is 11.3 Å². The monoisotopic (exact) mass is 312 g/mol. The zero-order chi connectivity index (χ0) is 15.1. The van der Waals surface area contributed by atoms with E-state index in [1.54, 1.807) is 11.3 Å². The predicted molar refractivity (Wildman–Crippen MR) is 83.8 cm³/mol. The molecule has 1 aromatic heterocycles. The van der Waals surface area contributed by atoms with Crippen LogP contribution in [0.2, 0.25) is 0 Å². The number of carbonyl (C=O) groups is 1. The Bertz CT molecular complexity index is 446. The number of amides is 2. The van der Waals surface area contributed by atoms with Crippen molar-refractivity contribution in [3.63, 3.8) is 0 Å². The third kappa shape index (κ3) is 5.61. The van der Waals surface area contributed by atoms with Crippen LogP contribution in [0.1, 0.15) is 17.6 Å². The number of rotatable bonds is 6. The molecule has 0 saturated carbocycles. The standard InChI is InChI=1S/C14H24N4O2S/c1-11(18-5-7-20-8-6-18)9-16-14(19)15-4-3-13-10-21-12(2)17-13/h10-11H,3-9H2,1-2H3,(H2,15,16,19). The van der Waals surface area contributed by atoms with Gasteiger partial charge in [-0.1, -0.05) is 0 Å². The van der Waals surface area contributed by atoms with Crippen molar-refractivity contribution in [2.24, 2.45) is 0 Å². The number of hydrogen-bond acceptors (Lipinski definition) is 5. The molecule has 6 nitrogen and oxygen atoms in total. The molecule has 1 aliphatic rings. The molecule has 1 unspecified atom stereocenters. The van der Waals surface area contributed by atoms with Gasteiger partial charge < -0.3 is 15.4 Å². The lowest BCUT2D eigenvalue weighted by Crippen LogP contribution is -2.49. The van der Waals surface area contributed by atoms with Crippen molar-refractivity contribution in [3.05, 3.63) is 16.1 Å². The van der Waals surface area contributed by atoms with E-state index in [9.17, 15) is 4.79 Å². The third-order valence-electron chi connectivity index (χ3n) is 3.56. The highest BCUT2D eigenvalue weighted by Gasteiger charge is 2.17. The molecule has 2 N–H and O–H groups in total. The summed E-state index contributed by atoms with van der Waals surface area (Å²) in [6.45, 7) is 8.82. The second-order valence-corrected chi connectivity index (χ2v) is 6.30. The lowest BCUT2D eigenvalue weighted by atomic mass is 10.2. The number of thiazole rings is 1. The maximum absolute atomic E-state index is 11.7. The molecule has 1 fully saturated rings. The number of urea groups is 1. The van der Waals surface area contributed by atoms with Crippen molar-refractivity contribution >= 4 is 17.4 Å². The molecule has 21 heavy (non-hydrogen) atoms. The van der Waals surface area contributed by atoms with Crippen molar-refractivity contribution in [1.82, 2.24) is 20.5 Å². The van der Waals surface area contributed by atoms with Crippen LogP contribution in [0.15, 0.2) is 5.38 Å². The third-order valence-corrected chi connectivity index (χ3v) is 4.38. The zero-order valence-corrected chi connectivity index (χ0v) is 13.5. The van der Waals surface area contributed by atoms with Gasteiger partial charge in [-0.25, -0.2) is 9.78 Å². The quantitative estimate of drug-likeness (QED) is 0.823. The van der Waals surface area contributed by atoms with Crippen molar-refractivity contribution in [2.45, 2.75) is 26.3 Å². The fraction of sp³-hybridized carbons (Fsp3) is 0.714. The van der Waals surface area contributed by atoms with Gasteiger partial charge in [0.2, 0.25) is 0 Å². The predicted octanol–water partition coefficient (Wildman–Crippen LogP) is 1.01. The molecular weight excluding hydrogens is 288 g/mol. The number of carbonyl (C=O) groups excluding carboxylic acids is 1. The average molecular weight is 312 g/mol. The van der Waals surface area contributed by atoms with E-state index in [1.165, 1.54) is 0 Å². The molecule has 2 rings (SSSR count). The minimum atomic E-state index is -0.109. The van der Waals surface area contributed by atoms with E-state index >= 15 is 0 Å². The summed E-state index contributed by atoms with van der Waals surface area (Å²) in [6.07, 6.45) is 0.775. The topological polar surface area (TPSA) is 66.5 Å². The zero-order valence-electron chi connectivity index (χ0n) is 12.7. The van der Waals surface area contributed by atoms with Gasteiger partial charge in [-0.05, 0) is 13.8 Å². The van der Waals surface area contributed by atoms with Gasteiger partial charge in [0.1, 0.15) is 0 Å². The molecule has 0 aliphatic carbocycles. The van der Waals surface area contributed by atoms with E-state index < -0.39 is 0 Å². The van der Waals surface area contributed by atoms with Gasteiger partial charge in [-0.2, -0.15) is 0 Å². The maximum atomic E-state index is 11.7. The van der Waals surface area contributed by atoms with Crippen molar-refractivity contribution in [2.75, 3.05) is 39.4 Å². The molecule has 0 spiro atoms. The normalized spacial score (nSPS) is 17.4. The van der Waals surface area contributed by atoms with Crippen molar-refractivity contribution in [1.29, 1.82) is 0 Å². The number of nitrogens with one attached hydrogen (secondary N) is 2. The van der Waals surface area contributed by atoms with Gasteiger partial charge in [-0.3, -0.25) is 4.90 Å². The Morgan fingerprint density at radius 2 is 2.24 bits per heavy atom. The first-order valence-corrected chi connectivity index (χ1v) is 8.27.